The number of hydrogen-bond acceptors (Lipinski definition) is 3. The minimum atomic E-state index is -0.423. The van der Waals surface area contributed by atoms with E-state index in [0.29, 0.717) is 11.5 Å². The van der Waals surface area contributed by atoms with Crippen LogP contribution in [0.3, 0.4) is 0 Å². The van der Waals surface area contributed by atoms with Gasteiger partial charge in [-0.05, 0) is 36.5 Å². The first-order valence-electron chi connectivity index (χ1n) is 5.94. The van der Waals surface area contributed by atoms with Crippen molar-refractivity contribution in [1.29, 1.82) is 0 Å². The summed E-state index contributed by atoms with van der Waals surface area (Å²) in [6.45, 7) is 4.36. The van der Waals surface area contributed by atoms with Crippen LogP contribution in [0, 0.1) is 5.92 Å². The zero-order chi connectivity index (χ0) is 12.4. The number of hydrogen-bond donors (Lipinski definition) is 2. The molecule has 0 aliphatic carbocycles. The number of aromatic amines is 1. The second kappa shape index (κ2) is 4.75. The van der Waals surface area contributed by atoms with E-state index >= 15 is 0 Å². The van der Waals surface area contributed by atoms with Gasteiger partial charge in [-0.3, -0.25) is 4.98 Å². The average molecular weight is 234 g/mol. The Morgan fingerprint density at radius 1 is 1.35 bits per heavy atom. The first kappa shape index (κ1) is 11.9. The van der Waals surface area contributed by atoms with Gasteiger partial charge < -0.3 is 10.2 Å². The second-order valence-corrected chi connectivity index (χ2v) is 4.85. The van der Waals surface area contributed by atoms with E-state index in [1.165, 1.54) is 0 Å². The lowest BCUT2D eigenvalue weighted by molar-refractivity contribution is 0.506. The van der Waals surface area contributed by atoms with Gasteiger partial charge in [0.15, 0.2) is 5.58 Å². The van der Waals surface area contributed by atoms with Crippen molar-refractivity contribution in [1.82, 2.24) is 4.98 Å². The maximum atomic E-state index is 11.0. The highest BCUT2D eigenvalue weighted by atomic mass is 16.4. The smallest absolute Gasteiger partial charge is 0.408 e. The molecule has 3 N–H and O–H groups in total. The summed E-state index contributed by atoms with van der Waals surface area (Å²) in [4.78, 5) is 13.6. The summed E-state index contributed by atoms with van der Waals surface area (Å²) in [5, 5.41) is 0. The number of oxazole rings is 1. The van der Waals surface area contributed by atoms with E-state index in [1.807, 2.05) is 18.2 Å². The molecule has 1 heterocycles. The first-order chi connectivity index (χ1) is 8.06. The van der Waals surface area contributed by atoms with Crippen molar-refractivity contribution in [3.05, 3.63) is 34.3 Å². The van der Waals surface area contributed by atoms with Crippen molar-refractivity contribution in [2.75, 3.05) is 0 Å². The van der Waals surface area contributed by atoms with E-state index in [1.54, 1.807) is 0 Å². The van der Waals surface area contributed by atoms with Crippen LogP contribution >= 0.6 is 0 Å². The van der Waals surface area contributed by atoms with E-state index < -0.39 is 5.76 Å². The van der Waals surface area contributed by atoms with Crippen LogP contribution in [0.4, 0.5) is 0 Å². The lowest BCUT2D eigenvalue weighted by Crippen LogP contribution is -2.11. The van der Waals surface area contributed by atoms with E-state index in [2.05, 4.69) is 18.8 Å². The number of benzene rings is 1. The Balaban J connectivity index is 2.20. The molecule has 0 aliphatic rings. The zero-order valence-corrected chi connectivity index (χ0v) is 10.2. The molecule has 92 valence electrons. The molecule has 1 unspecified atom stereocenters. The first-order valence-corrected chi connectivity index (χ1v) is 5.94. The van der Waals surface area contributed by atoms with Crippen molar-refractivity contribution < 1.29 is 4.42 Å². The van der Waals surface area contributed by atoms with Crippen LogP contribution in [-0.4, -0.2) is 4.98 Å². The fraction of sp³-hybridized carbons (Fsp3) is 0.462. The largest absolute Gasteiger partial charge is 0.417 e. The minimum absolute atomic E-state index is 0.00185. The van der Waals surface area contributed by atoms with Crippen molar-refractivity contribution in [2.45, 2.75) is 32.7 Å². The summed E-state index contributed by atoms with van der Waals surface area (Å²) in [7, 11) is 0. The standard InChI is InChI=1S/C13H18N2O2/c1-8(2)3-5-10(14)9-4-6-11-12(7-9)17-13(16)15-11/h4,6-8,10H,3,5,14H2,1-2H3,(H,15,16). The molecule has 0 saturated heterocycles. The molecule has 0 bridgehead atoms. The summed E-state index contributed by atoms with van der Waals surface area (Å²) in [5.74, 6) is 0.225. The summed E-state index contributed by atoms with van der Waals surface area (Å²) in [6, 6.07) is 5.63. The molecule has 1 aromatic heterocycles. The molecular weight excluding hydrogens is 216 g/mol. The van der Waals surface area contributed by atoms with Crippen LogP contribution in [0.2, 0.25) is 0 Å². The molecule has 4 nitrogen and oxygen atoms in total. The number of fused-ring (bicyclic) bond motifs is 1. The third-order valence-electron chi connectivity index (χ3n) is 2.93. The van der Waals surface area contributed by atoms with Gasteiger partial charge in [-0.2, -0.15) is 0 Å². The average Bonchev–Trinajstić information content (AvgIpc) is 2.64. The number of nitrogens with two attached hydrogens (primary N) is 1. The summed E-state index contributed by atoms with van der Waals surface area (Å²) in [5.41, 5.74) is 8.42. The van der Waals surface area contributed by atoms with Gasteiger partial charge in [0.05, 0.1) is 5.52 Å². The fourth-order valence-corrected chi connectivity index (χ4v) is 1.87. The molecule has 0 spiro atoms. The predicted molar refractivity (Wildman–Crippen MR) is 67.8 cm³/mol. The molecule has 2 rings (SSSR count). The molecule has 0 saturated carbocycles. The van der Waals surface area contributed by atoms with Crippen LogP contribution in [0.1, 0.15) is 38.3 Å². The monoisotopic (exact) mass is 234 g/mol. The Kier molecular flexibility index (Phi) is 3.33. The molecule has 0 radical (unpaired) electrons. The van der Waals surface area contributed by atoms with Gasteiger partial charge in [0.25, 0.3) is 0 Å². The van der Waals surface area contributed by atoms with Gasteiger partial charge in [0.1, 0.15) is 0 Å². The van der Waals surface area contributed by atoms with Crippen LogP contribution in [0.15, 0.2) is 27.4 Å². The Morgan fingerprint density at radius 2 is 2.12 bits per heavy atom. The third-order valence-corrected chi connectivity index (χ3v) is 2.93. The van der Waals surface area contributed by atoms with E-state index in [-0.39, 0.29) is 6.04 Å². The molecule has 1 aromatic carbocycles. The molecule has 17 heavy (non-hydrogen) atoms. The number of aromatic nitrogens is 1. The molecule has 0 fully saturated rings. The summed E-state index contributed by atoms with van der Waals surface area (Å²) in [6.07, 6.45) is 2.04. The van der Waals surface area contributed by atoms with Gasteiger partial charge in [-0.15, -0.1) is 0 Å². The Labute approximate surface area is 99.8 Å². The number of nitrogens with one attached hydrogen (secondary N) is 1. The van der Waals surface area contributed by atoms with Gasteiger partial charge in [-0.1, -0.05) is 19.9 Å². The highest BCUT2D eigenvalue weighted by molar-refractivity contribution is 5.72. The third kappa shape index (κ3) is 2.77. The highest BCUT2D eigenvalue weighted by Gasteiger charge is 2.09. The van der Waals surface area contributed by atoms with E-state index in [0.717, 1.165) is 23.9 Å². The van der Waals surface area contributed by atoms with Crippen LogP contribution in [0.25, 0.3) is 11.1 Å². The lowest BCUT2D eigenvalue weighted by Gasteiger charge is -2.13. The molecule has 1 atom stereocenters. The van der Waals surface area contributed by atoms with Gasteiger partial charge in [-0.25, -0.2) is 4.79 Å². The van der Waals surface area contributed by atoms with E-state index in [9.17, 15) is 4.79 Å². The SMILES string of the molecule is CC(C)CCC(N)c1ccc2[nH]c(=O)oc2c1. The van der Waals surface area contributed by atoms with Crippen molar-refractivity contribution in [3.63, 3.8) is 0 Å². The number of H-pyrrole nitrogens is 1. The quantitative estimate of drug-likeness (QED) is 0.854. The molecule has 0 aliphatic heterocycles. The molecule has 2 aromatic rings. The maximum Gasteiger partial charge on any atom is 0.417 e. The Morgan fingerprint density at radius 3 is 2.82 bits per heavy atom. The van der Waals surface area contributed by atoms with Crippen LogP contribution in [-0.2, 0) is 0 Å². The molecule has 0 amide bonds. The van der Waals surface area contributed by atoms with Gasteiger partial charge in [0.2, 0.25) is 0 Å². The van der Waals surface area contributed by atoms with Gasteiger partial charge in [0, 0.05) is 6.04 Å². The Hall–Kier alpha value is -1.55. The van der Waals surface area contributed by atoms with Gasteiger partial charge >= 0.3 is 5.76 Å². The highest BCUT2D eigenvalue weighted by Crippen LogP contribution is 2.21. The van der Waals surface area contributed by atoms with Crippen molar-refractivity contribution in [3.8, 4) is 0 Å². The predicted octanol–water partition coefficient (Wildman–Crippen LogP) is 2.56. The fourth-order valence-electron chi connectivity index (χ4n) is 1.87. The normalized spacial score (nSPS) is 13.4. The van der Waals surface area contributed by atoms with Crippen LogP contribution < -0.4 is 11.5 Å². The topological polar surface area (TPSA) is 72.0 Å². The molecule has 4 heteroatoms. The number of rotatable bonds is 4. The molecular formula is C13H18N2O2. The lowest BCUT2D eigenvalue weighted by atomic mass is 9.98. The van der Waals surface area contributed by atoms with E-state index in [4.69, 9.17) is 10.2 Å². The maximum absolute atomic E-state index is 11.0. The zero-order valence-electron chi connectivity index (χ0n) is 10.2. The minimum Gasteiger partial charge on any atom is -0.408 e. The summed E-state index contributed by atoms with van der Waals surface area (Å²) >= 11 is 0. The van der Waals surface area contributed by atoms with Crippen molar-refractivity contribution in [2.24, 2.45) is 11.7 Å². The summed E-state index contributed by atoms with van der Waals surface area (Å²) < 4.78 is 5.02. The van der Waals surface area contributed by atoms with Crippen molar-refractivity contribution >= 4 is 11.1 Å². The second-order valence-electron chi connectivity index (χ2n) is 4.85. The Bertz CT molecular complexity index is 554. The van der Waals surface area contributed by atoms with Crippen LogP contribution in [0.5, 0.6) is 0 Å².